The first-order chi connectivity index (χ1) is 7.94. The van der Waals surface area contributed by atoms with Crippen molar-refractivity contribution in [3.05, 3.63) is 23.8 Å². The Hall–Kier alpha value is -1.22. The van der Waals surface area contributed by atoms with E-state index >= 15 is 0 Å². The van der Waals surface area contributed by atoms with Gasteiger partial charge in [0.1, 0.15) is 0 Å². The van der Waals surface area contributed by atoms with E-state index in [1.165, 1.54) is 5.56 Å². The molecule has 1 saturated heterocycles. The lowest BCUT2D eigenvalue weighted by molar-refractivity contribution is -0.0553. The Labute approximate surface area is 103 Å². The van der Waals surface area contributed by atoms with E-state index in [0.29, 0.717) is 6.04 Å². The number of nitrogens with one attached hydrogen (secondary N) is 1. The Morgan fingerprint density at radius 1 is 1.35 bits per heavy atom. The van der Waals surface area contributed by atoms with Crippen molar-refractivity contribution in [2.75, 3.05) is 17.7 Å². The van der Waals surface area contributed by atoms with Crippen LogP contribution in [0.2, 0.25) is 0 Å². The molecule has 0 bridgehead atoms. The van der Waals surface area contributed by atoms with Crippen LogP contribution >= 0.6 is 0 Å². The minimum atomic E-state index is -0.0225. The molecule has 94 valence electrons. The minimum absolute atomic E-state index is 0.0225. The van der Waals surface area contributed by atoms with E-state index in [1.807, 2.05) is 12.1 Å². The summed E-state index contributed by atoms with van der Waals surface area (Å²) in [6.45, 7) is 7.18. The van der Waals surface area contributed by atoms with Crippen LogP contribution in [0.5, 0.6) is 0 Å². The van der Waals surface area contributed by atoms with Crippen molar-refractivity contribution >= 4 is 11.4 Å². The van der Waals surface area contributed by atoms with Gasteiger partial charge in [-0.2, -0.15) is 0 Å². The molecule has 1 aliphatic heterocycles. The summed E-state index contributed by atoms with van der Waals surface area (Å²) < 4.78 is 5.72. The summed E-state index contributed by atoms with van der Waals surface area (Å²) in [5, 5.41) is 3.56. The van der Waals surface area contributed by atoms with E-state index in [4.69, 9.17) is 10.5 Å². The Balaban J connectivity index is 2.05. The summed E-state index contributed by atoms with van der Waals surface area (Å²) in [5.41, 5.74) is 8.96. The molecule has 0 spiro atoms. The maximum atomic E-state index is 5.85. The Morgan fingerprint density at radius 2 is 2.12 bits per heavy atom. The molecule has 0 aromatic heterocycles. The minimum Gasteiger partial charge on any atom is -0.399 e. The third-order valence-corrected chi connectivity index (χ3v) is 3.17. The summed E-state index contributed by atoms with van der Waals surface area (Å²) >= 11 is 0. The van der Waals surface area contributed by atoms with Crippen LogP contribution in [0.3, 0.4) is 0 Å². The molecule has 1 aromatic carbocycles. The molecule has 3 nitrogen and oxygen atoms in total. The molecule has 3 N–H and O–H groups in total. The van der Waals surface area contributed by atoms with Gasteiger partial charge in [-0.1, -0.05) is 0 Å². The second kappa shape index (κ2) is 4.57. The third-order valence-electron chi connectivity index (χ3n) is 3.17. The SMILES string of the molecule is Cc1cc(N)cc(NC2CCOC(C)(C)C2)c1. The first-order valence-electron chi connectivity index (χ1n) is 6.22. The highest BCUT2D eigenvalue weighted by Gasteiger charge is 2.28. The molecule has 0 aliphatic carbocycles. The van der Waals surface area contributed by atoms with Crippen molar-refractivity contribution in [2.45, 2.75) is 45.3 Å². The number of nitrogens with two attached hydrogens (primary N) is 1. The van der Waals surface area contributed by atoms with E-state index in [0.717, 1.165) is 30.8 Å². The topological polar surface area (TPSA) is 47.3 Å². The molecule has 1 atom stereocenters. The number of anilines is 2. The van der Waals surface area contributed by atoms with Gasteiger partial charge in [0.25, 0.3) is 0 Å². The van der Waals surface area contributed by atoms with Crippen LogP contribution in [-0.2, 0) is 4.74 Å². The summed E-state index contributed by atoms with van der Waals surface area (Å²) in [7, 11) is 0. The van der Waals surface area contributed by atoms with Gasteiger partial charge in [0, 0.05) is 24.0 Å². The standard InChI is InChI=1S/C14H22N2O/c1-10-6-11(15)8-13(7-10)16-12-4-5-17-14(2,3)9-12/h6-8,12,16H,4-5,9,15H2,1-3H3. The van der Waals surface area contributed by atoms with Crippen LogP contribution in [0.25, 0.3) is 0 Å². The normalized spacial score (nSPS) is 23.4. The highest BCUT2D eigenvalue weighted by molar-refractivity contribution is 5.57. The molecule has 1 heterocycles. The predicted molar refractivity (Wildman–Crippen MR) is 72.3 cm³/mol. The van der Waals surface area contributed by atoms with Gasteiger partial charge in [0.05, 0.1) is 5.60 Å². The molecular weight excluding hydrogens is 212 g/mol. The highest BCUT2D eigenvalue weighted by Crippen LogP contribution is 2.27. The zero-order valence-corrected chi connectivity index (χ0v) is 10.9. The molecule has 0 radical (unpaired) electrons. The Kier molecular flexibility index (Phi) is 3.29. The number of aryl methyl sites for hydroxylation is 1. The average molecular weight is 234 g/mol. The number of nitrogen functional groups attached to an aromatic ring is 1. The van der Waals surface area contributed by atoms with Crippen LogP contribution in [-0.4, -0.2) is 18.2 Å². The predicted octanol–water partition coefficient (Wildman–Crippen LogP) is 2.95. The van der Waals surface area contributed by atoms with Crippen molar-refractivity contribution in [2.24, 2.45) is 0 Å². The largest absolute Gasteiger partial charge is 0.399 e. The summed E-state index contributed by atoms with van der Waals surface area (Å²) in [6.07, 6.45) is 2.08. The van der Waals surface area contributed by atoms with Crippen molar-refractivity contribution in [3.8, 4) is 0 Å². The second-order valence-electron chi connectivity index (χ2n) is 5.57. The first kappa shape index (κ1) is 12.2. The highest BCUT2D eigenvalue weighted by atomic mass is 16.5. The summed E-state index contributed by atoms with van der Waals surface area (Å²) in [6, 6.07) is 6.59. The van der Waals surface area contributed by atoms with Crippen molar-refractivity contribution in [1.82, 2.24) is 0 Å². The van der Waals surface area contributed by atoms with Crippen LogP contribution in [0.15, 0.2) is 18.2 Å². The van der Waals surface area contributed by atoms with E-state index < -0.39 is 0 Å². The van der Waals surface area contributed by atoms with Crippen LogP contribution in [0, 0.1) is 6.92 Å². The number of hydrogen-bond donors (Lipinski definition) is 2. The van der Waals surface area contributed by atoms with E-state index in [1.54, 1.807) is 0 Å². The lowest BCUT2D eigenvalue weighted by atomic mass is 9.93. The molecule has 0 saturated carbocycles. The van der Waals surface area contributed by atoms with Crippen LogP contribution < -0.4 is 11.1 Å². The number of ether oxygens (including phenoxy) is 1. The molecular formula is C14H22N2O. The van der Waals surface area contributed by atoms with Gasteiger partial charge in [-0.15, -0.1) is 0 Å². The smallest absolute Gasteiger partial charge is 0.0646 e. The Morgan fingerprint density at radius 3 is 2.76 bits per heavy atom. The Bertz CT molecular complexity index is 381. The monoisotopic (exact) mass is 234 g/mol. The number of hydrogen-bond acceptors (Lipinski definition) is 3. The fraction of sp³-hybridized carbons (Fsp3) is 0.571. The molecule has 17 heavy (non-hydrogen) atoms. The summed E-state index contributed by atoms with van der Waals surface area (Å²) in [5.74, 6) is 0. The number of rotatable bonds is 2. The van der Waals surface area contributed by atoms with Gasteiger partial charge in [0.2, 0.25) is 0 Å². The quantitative estimate of drug-likeness (QED) is 0.773. The zero-order chi connectivity index (χ0) is 12.5. The maximum absolute atomic E-state index is 5.85. The lowest BCUT2D eigenvalue weighted by Gasteiger charge is -2.36. The third kappa shape index (κ3) is 3.37. The van der Waals surface area contributed by atoms with Crippen molar-refractivity contribution in [1.29, 1.82) is 0 Å². The van der Waals surface area contributed by atoms with Crippen LogP contribution in [0.4, 0.5) is 11.4 Å². The molecule has 0 amide bonds. The van der Waals surface area contributed by atoms with E-state index in [-0.39, 0.29) is 5.60 Å². The van der Waals surface area contributed by atoms with Crippen molar-refractivity contribution in [3.63, 3.8) is 0 Å². The van der Waals surface area contributed by atoms with Gasteiger partial charge < -0.3 is 15.8 Å². The van der Waals surface area contributed by atoms with Gasteiger partial charge >= 0.3 is 0 Å². The first-order valence-corrected chi connectivity index (χ1v) is 6.22. The number of benzene rings is 1. The molecule has 1 fully saturated rings. The van der Waals surface area contributed by atoms with Gasteiger partial charge in [0.15, 0.2) is 0 Å². The van der Waals surface area contributed by atoms with Crippen molar-refractivity contribution < 1.29 is 4.74 Å². The summed E-state index contributed by atoms with van der Waals surface area (Å²) in [4.78, 5) is 0. The zero-order valence-electron chi connectivity index (χ0n) is 10.9. The fourth-order valence-electron chi connectivity index (χ4n) is 2.49. The van der Waals surface area contributed by atoms with Gasteiger partial charge in [-0.3, -0.25) is 0 Å². The van der Waals surface area contributed by atoms with E-state index in [9.17, 15) is 0 Å². The molecule has 1 aromatic rings. The average Bonchev–Trinajstić information content (AvgIpc) is 2.13. The molecule has 1 aliphatic rings. The molecule has 1 unspecified atom stereocenters. The van der Waals surface area contributed by atoms with Gasteiger partial charge in [-0.05, 0) is 57.4 Å². The molecule has 2 rings (SSSR count). The lowest BCUT2D eigenvalue weighted by Crippen LogP contribution is -2.40. The van der Waals surface area contributed by atoms with Gasteiger partial charge in [-0.25, -0.2) is 0 Å². The molecule has 3 heteroatoms. The fourth-order valence-corrected chi connectivity index (χ4v) is 2.49. The van der Waals surface area contributed by atoms with Crippen LogP contribution in [0.1, 0.15) is 32.3 Å². The second-order valence-corrected chi connectivity index (χ2v) is 5.57. The van der Waals surface area contributed by atoms with E-state index in [2.05, 4.69) is 32.2 Å². The maximum Gasteiger partial charge on any atom is 0.0646 e.